The normalized spacial score (nSPS) is 29.5. The van der Waals surface area contributed by atoms with Crippen molar-refractivity contribution in [1.82, 2.24) is 20.0 Å². The highest BCUT2D eigenvalue weighted by Crippen LogP contribution is 2.35. The van der Waals surface area contributed by atoms with E-state index in [0.29, 0.717) is 11.6 Å². The predicted molar refractivity (Wildman–Crippen MR) is 109 cm³/mol. The van der Waals surface area contributed by atoms with Gasteiger partial charge in [0.05, 0.1) is 0 Å². The van der Waals surface area contributed by atoms with Crippen molar-refractivity contribution in [1.29, 1.82) is 0 Å². The summed E-state index contributed by atoms with van der Waals surface area (Å²) in [5.74, 6) is -1.58. The number of imide groups is 1. The topological polar surface area (TPSA) is 82.2 Å². The fourth-order valence-corrected chi connectivity index (χ4v) is 4.96. The van der Waals surface area contributed by atoms with Gasteiger partial charge in [0.25, 0.3) is 5.91 Å². The number of hydrogen-bond acceptors (Lipinski definition) is 6. The molecule has 0 aromatic heterocycles. The van der Waals surface area contributed by atoms with Crippen molar-refractivity contribution < 1.29 is 23.5 Å². The molecule has 1 atom stereocenters. The molecule has 3 heterocycles. The average Bonchev–Trinajstić information content (AvgIpc) is 3.01. The smallest absolute Gasteiger partial charge is 0.255 e. The number of likely N-dealkylation sites (N-methyl/N-ethyl adjacent to an activating group) is 1. The Kier molecular flexibility index (Phi) is 5.18. The SMILES string of the molecule is CN1CCN(C2CC(Oc3cc4c(cc3F)C(=O)N(C3CCC(=O)NC3=O)C4)C2)CC1. The molecule has 1 aromatic rings. The Morgan fingerprint density at radius 1 is 1.10 bits per heavy atom. The zero-order valence-corrected chi connectivity index (χ0v) is 17.6. The minimum absolute atomic E-state index is 0.0273. The molecule has 31 heavy (non-hydrogen) atoms. The van der Waals surface area contributed by atoms with E-state index in [1.807, 2.05) is 0 Å². The zero-order chi connectivity index (χ0) is 21.7. The van der Waals surface area contributed by atoms with Crippen molar-refractivity contribution in [3.05, 3.63) is 29.1 Å². The molecule has 1 saturated carbocycles. The number of rotatable bonds is 4. The van der Waals surface area contributed by atoms with Gasteiger partial charge in [-0.3, -0.25) is 24.6 Å². The molecule has 5 rings (SSSR count). The van der Waals surface area contributed by atoms with E-state index >= 15 is 0 Å². The number of halogens is 1. The molecule has 3 aliphatic heterocycles. The summed E-state index contributed by atoms with van der Waals surface area (Å²) in [5.41, 5.74) is 0.916. The molecule has 0 bridgehead atoms. The number of hydrogen-bond donors (Lipinski definition) is 1. The fourth-order valence-electron chi connectivity index (χ4n) is 4.96. The van der Waals surface area contributed by atoms with E-state index in [1.165, 1.54) is 11.0 Å². The van der Waals surface area contributed by atoms with Gasteiger partial charge in [-0.2, -0.15) is 0 Å². The third-order valence-electron chi connectivity index (χ3n) is 6.99. The van der Waals surface area contributed by atoms with E-state index in [1.54, 1.807) is 6.07 Å². The number of carbonyl (C=O) groups is 3. The van der Waals surface area contributed by atoms with Gasteiger partial charge in [0.15, 0.2) is 11.6 Å². The molecule has 3 fully saturated rings. The van der Waals surface area contributed by atoms with E-state index in [9.17, 15) is 18.8 Å². The maximum absolute atomic E-state index is 14.7. The largest absolute Gasteiger partial charge is 0.487 e. The van der Waals surface area contributed by atoms with Crippen molar-refractivity contribution in [3.8, 4) is 5.75 Å². The van der Waals surface area contributed by atoms with Crippen LogP contribution in [0.2, 0.25) is 0 Å². The second-order valence-corrected chi connectivity index (χ2v) is 9.04. The lowest BCUT2D eigenvalue weighted by molar-refractivity contribution is -0.136. The summed E-state index contributed by atoms with van der Waals surface area (Å²) in [7, 11) is 2.13. The van der Waals surface area contributed by atoms with Gasteiger partial charge >= 0.3 is 0 Å². The lowest BCUT2D eigenvalue weighted by Gasteiger charge is -2.45. The first-order valence-corrected chi connectivity index (χ1v) is 11.0. The van der Waals surface area contributed by atoms with Crippen LogP contribution in [0.25, 0.3) is 0 Å². The summed E-state index contributed by atoms with van der Waals surface area (Å²) in [6.45, 7) is 4.46. The monoisotopic (exact) mass is 430 g/mol. The molecule has 4 aliphatic rings. The molecule has 0 spiro atoms. The first-order chi connectivity index (χ1) is 14.9. The first kappa shape index (κ1) is 20.4. The van der Waals surface area contributed by atoms with Gasteiger partial charge in [-0.25, -0.2) is 4.39 Å². The molecule has 1 N–H and O–H groups in total. The fraction of sp³-hybridized carbons (Fsp3) is 0.591. The summed E-state index contributed by atoms with van der Waals surface area (Å²) in [4.78, 5) is 42.5. The number of piperidine rings is 1. The number of amides is 3. The standard InChI is InChI=1S/C22H27FN4O4/c1-25-4-6-26(7-5-25)14-9-15(10-14)31-19-8-13-12-27(22(30)16(13)11-17(19)23)18-2-3-20(28)24-21(18)29/h8,11,14-15,18H,2-7,9-10,12H2,1H3,(H,24,28,29). The van der Waals surface area contributed by atoms with E-state index in [0.717, 1.165) is 39.0 Å². The van der Waals surface area contributed by atoms with Crippen LogP contribution in [0.5, 0.6) is 5.75 Å². The molecule has 166 valence electrons. The second kappa shape index (κ2) is 7.87. The molecule has 9 heteroatoms. The maximum atomic E-state index is 14.7. The summed E-state index contributed by atoms with van der Waals surface area (Å²) in [6.07, 6.45) is 2.20. The molecule has 1 aliphatic carbocycles. The van der Waals surface area contributed by atoms with Gasteiger partial charge < -0.3 is 14.5 Å². The second-order valence-electron chi connectivity index (χ2n) is 9.04. The molecule has 0 radical (unpaired) electrons. The van der Waals surface area contributed by atoms with Crippen LogP contribution >= 0.6 is 0 Å². The van der Waals surface area contributed by atoms with Gasteiger partial charge in [0.1, 0.15) is 12.1 Å². The Balaban J connectivity index is 1.22. The van der Waals surface area contributed by atoms with Gasteiger partial charge in [-0.15, -0.1) is 0 Å². The summed E-state index contributed by atoms with van der Waals surface area (Å²) < 4.78 is 20.6. The maximum Gasteiger partial charge on any atom is 0.255 e. The van der Waals surface area contributed by atoms with Gasteiger partial charge in [0, 0.05) is 63.6 Å². The van der Waals surface area contributed by atoms with Crippen molar-refractivity contribution >= 4 is 17.7 Å². The van der Waals surface area contributed by atoms with Gasteiger partial charge in [0.2, 0.25) is 11.8 Å². The van der Waals surface area contributed by atoms with Crippen LogP contribution in [0, 0.1) is 5.82 Å². The minimum Gasteiger partial charge on any atom is -0.487 e. The third kappa shape index (κ3) is 3.80. The number of carbonyl (C=O) groups excluding carboxylic acids is 3. The lowest BCUT2D eigenvalue weighted by Crippen LogP contribution is -2.55. The minimum atomic E-state index is -0.707. The van der Waals surface area contributed by atoms with Crippen LogP contribution in [0.3, 0.4) is 0 Å². The van der Waals surface area contributed by atoms with Crippen LogP contribution in [-0.4, -0.2) is 83.8 Å². The molecule has 1 aromatic carbocycles. The van der Waals surface area contributed by atoms with Crippen molar-refractivity contribution in [2.45, 2.75) is 50.4 Å². The Hall–Kier alpha value is -2.52. The highest BCUT2D eigenvalue weighted by Gasteiger charge is 2.40. The van der Waals surface area contributed by atoms with E-state index in [2.05, 4.69) is 22.2 Å². The predicted octanol–water partition coefficient (Wildman–Crippen LogP) is 0.744. The summed E-state index contributed by atoms with van der Waals surface area (Å²) in [5, 5.41) is 2.27. The molecule has 3 amide bonds. The highest BCUT2D eigenvalue weighted by atomic mass is 19.1. The van der Waals surface area contributed by atoms with Crippen molar-refractivity contribution in [2.24, 2.45) is 0 Å². The van der Waals surface area contributed by atoms with Gasteiger partial charge in [-0.05, 0) is 31.2 Å². The highest BCUT2D eigenvalue weighted by molar-refractivity contribution is 6.05. The number of benzene rings is 1. The Morgan fingerprint density at radius 3 is 2.55 bits per heavy atom. The van der Waals surface area contributed by atoms with Crippen LogP contribution in [-0.2, 0) is 16.1 Å². The Bertz CT molecular complexity index is 924. The average molecular weight is 430 g/mol. The third-order valence-corrected chi connectivity index (χ3v) is 6.99. The van der Waals surface area contributed by atoms with Gasteiger partial charge in [-0.1, -0.05) is 0 Å². The van der Waals surface area contributed by atoms with E-state index in [-0.39, 0.29) is 48.6 Å². The molecule has 2 saturated heterocycles. The van der Waals surface area contributed by atoms with Crippen molar-refractivity contribution in [3.63, 3.8) is 0 Å². The summed E-state index contributed by atoms with van der Waals surface area (Å²) in [6, 6.07) is 2.59. The quantitative estimate of drug-likeness (QED) is 0.710. The molecule has 1 unspecified atom stereocenters. The number of nitrogens with one attached hydrogen (secondary N) is 1. The van der Waals surface area contributed by atoms with Crippen LogP contribution in [0.15, 0.2) is 12.1 Å². The Morgan fingerprint density at radius 2 is 1.84 bits per heavy atom. The zero-order valence-electron chi connectivity index (χ0n) is 17.6. The van der Waals surface area contributed by atoms with Crippen LogP contribution < -0.4 is 10.1 Å². The van der Waals surface area contributed by atoms with Crippen LogP contribution in [0.1, 0.15) is 41.6 Å². The van der Waals surface area contributed by atoms with E-state index in [4.69, 9.17) is 4.74 Å². The summed E-state index contributed by atoms with van der Waals surface area (Å²) >= 11 is 0. The van der Waals surface area contributed by atoms with Crippen LogP contribution in [0.4, 0.5) is 4.39 Å². The number of nitrogens with zero attached hydrogens (tertiary/aromatic N) is 3. The molecular weight excluding hydrogens is 403 g/mol. The Labute approximate surface area is 180 Å². The van der Waals surface area contributed by atoms with E-state index < -0.39 is 17.8 Å². The lowest BCUT2D eigenvalue weighted by atomic mass is 9.87. The number of piperazine rings is 1. The number of fused-ring (bicyclic) bond motifs is 1. The van der Waals surface area contributed by atoms with Crippen molar-refractivity contribution in [2.75, 3.05) is 33.2 Å². The first-order valence-electron chi connectivity index (χ1n) is 11.0. The molecular formula is C22H27FN4O4. The number of ether oxygens (including phenoxy) is 1. The molecule has 8 nitrogen and oxygen atoms in total.